The average Bonchev–Trinajstić information content (AvgIpc) is 2.48. The maximum absolute atomic E-state index is 11.7. The maximum Gasteiger partial charge on any atom is 0.407 e. The van der Waals surface area contributed by atoms with Crippen molar-refractivity contribution in [2.24, 2.45) is 0 Å². The number of amides is 1. The largest absolute Gasteiger partial charge is 0.465 e. The lowest BCUT2D eigenvalue weighted by molar-refractivity contribution is 0.0526. The summed E-state index contributed by atoms with van der Waals surface area (Å²) in [7, 11) is 0. The first kappa shape index (κ1) is 14.1. The van der Waals surface area contributed by atoms with Crippen LogP contribution in [0.2, 0.25) is 0 Å². The first-order valence-electron chi connectivity index (χ1n) is 6.56. The van der Waals surface area contributed by atoms with Crippen molar-refractivity contribution in [3.8, 4) is 0 Å². The smallest absolute Gasteiger partial charge is 0.407 e. The first-order valence-corrected chi connectivity index (χ1v) is 6.56. The molecule has 0 spiro atoms. The van der Waals surface area contributed by atoms with Crippen LogP contribution >= 0.6 is 0 Å². The van der Waals surface area contributed by atoms with E-state index in [0.717, 1.165) is 11.1 Å². The molecule has 20 heavy (non-hydrogen) atoms. The van der Waals surface area contributed by atoms with Crippen molar-refractivity contribution in [1.82, 2.24) is 4.90 Å². The van der Waals surface area contributed by atoms with Gasteiger partial charge in [-0.2, -0.15) is 0 Å². The third-order valence-electron chi connectivity index (χ3n) is 3.22. The molecule has 1 N–H and O–H groups in total. The van der Waals surface area contributed by atoms with Gasteiger partial charge >= 0.3 is 12.1 Å². The van der Waals surface area contributed by atoms with Crippen LogP contribution in [0.25, 0.3) is 5.57 Å². The fraction of sp³-hybridized carbons (Fsp3) is 0.333. The van der Waals surface area contributed by atoms with Gasteiger partial charge in [0.2, 0.25) is 0 Å². The molecule has 0 aliphatic carbocycles. The molecule has 0 fully saturated rings. The molecule has 5 nitrogen and oxygen atoms in total. The number of esters is 1. The van der Waals surface area contributed by atoms with E-state index in [1.165, 1.54) is 4.90 Å². The standard InChI is InChI=1S/C15H17NO4/c1-2-20-14(17)13-5-3-4-12(10-13)11-6-8-16(9-7-11)15(18)19/h3-6,10H,2,7-9H2,1H3,(H,18,19). The Morgan fingerprint density at radius 1 is 1.40 bits per heavy atom. The van der Waals surface area contributed by atoms with E-state index in [9.17, 15) is 9.59 Å². The van der Waals surface area contributed by atoms with E-state index >= 15 is 0 Å². The molecule has 0 atom stereocenters. The van der Waals surface area contributed by atoms with Crippen molar-refractivity contribution in [3.05, 3.63) is 41.5 Å². The maximum atomic E-state index is 11.7. The number of nitrogens with zero attached hydrogens (tertiary/aromatic N) is 1. The van der Waals surface area contributed by atoms with Gasteiger partial charge in [0, 0.05) is 13.1 Å². The molecule has 1 aliphatic heterocycles. The molecule has 1 heterocycles. The third-order valence-corrected chi connectivity index (χ3v) is 3.22. The SMILES string of the molecule is CCOC(=O)c1cccc(C2=CCN(C(=O)O)CC2)c1. The van der Waals surface area contributed by atoms with Crippen molar-refractivity contribution < 1.29 is 19.4 Å². The fourth-order valence-electron chi connectivity index (χ4n) is 2.17. The summed E-state index contributed by atoms with van der Waals surface area (Å²) < 4.78 is 4.97. The highest BCUT2D eigenvalue weighted by molar-refractivity contribution is 5.90. The van der Waals surface area contributed by atoms with Gasteiger partial charge < -0.3 is 14.7 Å². The van der Waals surface area contributed by atoms with Gasteiger partial charge in [-0.3, -0.25) is 0 Å². The summed E-state index contributed by atoms with van der Waals surface area (Å²) in [4.78, 5) is 23.9. The molecule has 0 unspecified atom stereocenters. The molecule has 2 rings (SSSR count). The molecule has 0 saturated carbocycles. The summed E-state index contributed by atoms with van der Waals surface area (Å²) in [6, 6.07) is 7.24. The Morgan fingerprint density at radius 2 is 2.20 bits per heavy atom. The van der Waals surface area contributed by atoms with Crippen molar-refractivity contribution in [2.45, 2.75) is 13.3 Å². The zero-order valence-corrected chi connectivity index (χ0v) is 11.3. The summed E-state index contributed by atoms with van der Waals surface area (Å²) in [5, 5.41) is 8.91. The average molecular weight is 275 g/mol. The second kappa shape index (κ2) is 6.23. The number of hydrogen-bond donors (Lipinski definition) is 1. The first-order chi connectivity index (χ1) is 9.61. The highest BCUT2D eigenvalue weighted by Crippen LogP contribution is 2.23. The summed E-state index contributed by atoms with van der Waals surface area (Å²) in [6.45, 7) is 2.98. The Bertz CT molecular complexity index is 551. The van der Waals surface area contributed by atoms with Crippen LogP contribution in [0.5, 0.6) is 0 Å². The van der Waals surface area contributed by atoms with E-state index in [1.54, 1.807) is 19.1 Å². The highest BCUT2D eigenvalue weighted by Gasteiger charge is 2.17. The van der Waals surface area contributed by atoms with E-state index in [4.69, 9.17) is 9.84 Å². The molecule has 106 valence electrons. The van der Waals surface area contributed by atoms with Gasteiger partial charge in [-0.15, -0.1) is 0 Å². The summed E-state index contributed by atoms with van der Waals surface area (Å²) >= 11 is 0. The van der Waals surface area contributed by atoms with Crippen LogP contribution in [0.1, 0.15) is 29.3 Å². The minimum Gasteiger partial charge on any atom is -0.465 e. The number of rotatable bonds is 3. The Balaban J connectivity index is 2.16. The van der Waals surface area contributed by atoms with E-state index in [-0.39, 0.29) is 5.97 Å². The minimum absolute atomic E-state index is 0.335. The van der Waals surface area contributed by atoms with Gasteiger partial charge in [0.15, 0.2) is 0 Å². The molecular formula is C15H17NO4. The number of carbonyl (C=O) groups is 2. The molecule has 0 saturated heterocycles. The van der Waals surface area contributed by atoms with Crippen LogP contribution in [0.4, 0.5) is 4.79 Å². The number of carboxylic acid groups (broad SMARTS) is 1. The van der Waals surface area contributed by atoms with Crippen molar-refractivity contribution >= 4 is 17.6 Å². The number of ether oxygens (including phenoxy) is 1. The van der Waals surface area contributed by atoms with Gasteiger partial charge in [-0.1, -0.05) is 18.2 Å². The number of carbonyl (C=O) groups excluding carboxylic acids is 1. The summed E-state index contributed by atoms with van der Waals surface area (Å²) in [5.74, 6) is -0.335. The Labute approximate surface area is 117 Å². The second-order valence-corrected chi connectivity index (χ2v) is 4.51. The normalized spacial score (nSPS) is 14.7. The summed E-state index contributed by atoms with van der Waals surface area (Å²) in [6.07, 6.45) is 1.64. The lowest BCUT2D eigenvalue weighted by Gasteiger charge is -2.23. The van der Waals surface area contributed by atoms with E-state index in [0.29, 0.717) is 31.7 Å². The quantitative estimate of drug-likeness (QED) is 0.861. The third kappa shape index (κ3) is 3.17. The second-order valence-electron chi connectivity index (χ2n) is 4.51. The molecular weight excluding hydrogens is 258 g/mol. The fourth-order valence-corrected chi connectivity index (χ4v) is 2.17. The Morgan fingerprint density at radius 3 is 2.80 bits per heavy atom. The predicted octanol–water partition coefficient (Wildman–Crippen LogP) is 2.63. The molecule has 1 amide bonds. The van der Waals surface area contributed by atoms with Crippen molar-refractivity contribution in [3.63, 3.8) is 0 Å². The zero-order valence-electron chi connectivity index (χ0n) is 11.3. The Kier molecular flexibility index (Phi) is 4.40. The van der Waals surface area contributed by atoms with E-state index in [2.05, 4.69) is 0 Å². The molecule has 0 radical (unpaired) electrons. The monoisotopic (exact) mass is 275 g/mol. The molecule has 1 aliphatic rings. The van der Waals surface area contributed by atoms with Crippen molar-refractivity contribution in [2.75, 3.05) is 19.7 Å². The summed E-state index contributed by atoms with van der Waals surface area (Å²) in [5.41, 5.74) is 2.53. The van der Waals surface area contributed by atoms with E-state index in [1.807, 2.05) is 18.2 Å². The molecule has 1 aromatic carbocycles. The molecule has 0 bridgehead atoms. The number of hydrogen-bond acceptors (Lipinski definition) is 3. The van der Waals surface area contributed by atoms with Crippen LogP contribution in [0.3, 0.4) is 0 Å². The highest BCUT2D eigenvalue weighted by atomic mass is 16.5. The zero-order chi connectivity index (χ0) is 14.5. The van der Waals surface area contributed by atoms with Crippen LogP contribution in [-0.4, -0.2) is 41.8 Å². The van der Waals surface area contributed by atoms with Crippen LogP contribution in [0.15, 0.2) is 30.3 Å². The minimum atomic E-state index is -0.902. The van der Waals surface area contributed by atoms with Gasteiger partial charge in [-0.05, 0) is 36.6 Å². The predicted molar refractivity (Wildman–Crippen MR) is 74.6 cm³/mol. The Hall–Kier alpha value is -2.30. The molecule has 1 aromatic rings. The van der Waals surface area contributed by atoms with Crippen LogP contribution in [0, 0.1) is 0 Å². The number of benzene rings is 1. The van der Waals surface area contributed by atoms with E-state index < -0.39 is 6.09 Å². The molecule has 0 aromatic heterocycles. The lowest BCUT2D eigenvalue weighted by Crippen LogP contribution is -2.33. The topological polar surface area (TPSA) is 66.8 Å². The van der Waals surface area contributed by atoms with Crippen LogP contribution in [-0.2, 0) is 4.74 Å². The molecule has 5 heteroatoms. The van der Waals surface area contributed by atoms with Gasteiger partial charge in [-0.25, -0.2) is 9.59 Å². The van der Waals surface area contributed by atoms with Crippen LogP contribution < -0.4 is 0 Å². The van der Waals surface area contributed by atoms with Gasteiger partial charge in [0.1, 0.15) is 0 Å². The van der Waals surface area contributed by atoms with Gasteiger partial charge in [0.25, 0.3) is 0 Å². The van der Waals surface area contributed by atoms with Crippen molar-refractivity contribution in [1.29, 1.82) is 0 Å². The lowest BCUT2D eigenvalue weighted by atomic mass is 9.98. The van der Waals surface area contributed by atoms with Gasteiger partial charge in [0.05, 0.1) is 12.2 Å².